The van der Waals surface area contributed by atoms with Gasteiger partial charge in [0, 0.05) is 81.7 Å². The predicted octanol–water partition coefficient (Wildman–Crippen LogP) is 5.25. The predicted molar refractivity (Wildman–Crippen MR) is 251 cm³/mol. The zero-order chi connectivity index (χ0) is 46.6. The standard InChI is InChI=1S/C42H58N8O5.C7H11NO/c1-9-49-36-16-15-31(21-32(36)33(22-42(4,5)25-55-27-52)39(49)34-23-45-48(8)37(34)24-43-6)30-14-12-13-29(19-30)20-35(41(54)50-18-11-10-17-44-50)46-40(53)38(28(2)3)47(7)26-51;1-2-7(9)8-5-3-4-6-8/h12-16,19,21,23,26-28,35,38,43-44H,9-11,17-18,20,22,24-25H2,1-8H3,(H,46,53);2H,1,3-6H2. The summed E-state index contributed by atoms with van der Waals surface area (Å²) in [6.07, 6.45) is 9.05. The van der Waals surface area contributed by atoms with Crippen LogP contribution in [0.1, 0.15) is 77.1 Å². The van der Waals surface area contributed by atoms with E-state index in [0.29, 0.717) is 38.9 Å². The lowest BCUT2D eigenvalue weighted by Gasteiger charge is -2.33. The van der Waals surface area contributed by atoms with Crippen LogP contribution in [0.2, 0.25) is 0 Å². The summed E-state index contributed by atoms with van der Waals surface area (Å²) in [6.45, 7) is 18.8. The monoisotopic (exact) mass is 880 g/mol. The van der Waals surface area contributed by atoms with Crippen LogP contribution in [0.5, 0.6) is 0 Å². The van der Waals surface area contributed by atoms with Crippen LogP contribution < -0.4 is 16.1 Å². The molecule has 3 N–H and O–H groups in total. The topological polar surface area (TPSA) is 163 Å². The maximum absolute atomic E-state index is 14.0. The van der Waals surface area contributed by atoms with Crippen LogP contribution in [-0.4, -0.2) is 119 Å². The molecule has 15 heteroatoms. The third kappa shape index (κ3) is 11.9. The van der Waals surface area contributed by atoms with E-state index >= 15 is 0 Å². The van der Waals surface area contributed by atoms with E-state index in [1.807, 2.05) is 55.9 Å². The van der Waals surface area contributed by atoms with Gasteiger partial charge in [0.2, 0.25) is 18.2 Å². The van der Waals surface area contributed by atoms with Gasteiger partial charge in [-0.1, -0.05) is 64.6 Å². The molecule has 2 aliphatic heterocycles. The number of amides is 4. The molecule has 0 radical (unpaired) electrons. The highest BCUT2D eigenvalue weighted by atomic mass is 16.5. The van der Waals surface area contributed by atoms with Crippen LogP contribution in [0, 0.1) is 11.3 Å². The molecular weight excluding hydrogens is 811 g/mol. The Hall–Kier alpha value is -5.80. The molecule has 2 atom stereocenters. The molecule has 2 unspecified atom stereocenters. The van der Waals surface area contributed by atoms with Gasteiger partial charge >= 0.3 is 0 Å². The quantitative estimate of drug-likeness (QED) is 0.0844. The molecule has 0 aliphatic carbocycles. The van der Waals surface area contributed by atoms with Crippen LogP contribution in [0.4, 0.5) is 0 Å². The zero-order valence-electron chi connectivity index (χ0n) is 39.1. The van der Waals surface area contributed by atoms with Gasteiger partial charge in [0.05, 0.1) is 24.2 Å². The Morgan fingerprint density at radius 1 is 1.03 bits per heavy atom. The average Bonchev–Trinajstić information content (AvgIpc) is 4.03. The lowest BCUT2D eigenvalue weighted by atomic mass is 9.84. The fraction of sp³-hybridized carbons (Fsp3) is 0.510. The summed E-state index contributed by atoms with van der Waals surface area (Å²) in [5.74, 6) is -0.643. The number of hydrogen-bond acceptors (Lipinski definition) is 9. The minimum absolute atomic E-state index is 0.0764. The maximum Gasteiger partial charge on any atom is 0.293 e. The summed E-state index contributed by atoms with van der Waals surface area (Å²) in [5.41, 5.74) is 11.2. The first-order valence-corrected chi connectivity index (χ1v) is 22.6. The van der Waals surface area contributed by atoms with Crippen molar-refractivity contribution in [3.63, 3.8) is 0 Å². The summed E-state index contributed by atoms with van der Waals surface area (Å²) in [6, 6.07) is 13.1. The minimum Gasteiger partial charge on any atom is -0.467 e. The minimum atomic E-state index is -0.841. The number of ether oxygens (including phenoxy) is 1. The molecule has 2 fully saturated rings. The molecule has 4 aromatic rings. The van der Waals surface area contributed by atoms with Gasteiger partial charge in [-0.05, 0) is 92.5 Å². The Morgan fingerprint density at radius 3 is 2.38 bits per heavy atom. The SMILES string of the molecule is C=CC(=O)N1CCCC1.CCn1c(-c2cnn(C)c2CNC)c(CC(C)(C)COC=O)c2cc(-c3cccc(CC(NC(=O)C(C(C)C)N(C)C=O)C(=O)N4CCCCN4)c3)ccc21. The fourth-order valence-electron chi connectivity index (χ4n) is 8.97. The molecule has 0 saturated carbocycles. The van der Waals surface area contributed by atoms with E-state index in [1.54, 1.807) is 12.1 Å². The number of nitrogens with one attached hydrogen (secondary N) is 3. The average molecular weight is 880 g/mol. The molecule has 0 spiro atoms. The third-order valence-corrected chi connectivity index (χ3v) is 12.1. The van der Waals surface area contributed by atoms with Crippen molar-refractivity contribution in [2.45, 2.75) is 98.3 Å². The number of fused-ring (bicyclic) bond motifs is 1. The van der Waals surface area contributed by atoms with Crippen LogP contribution in [0.3, 0.4) is 0 Å². The van der Waals surface area contributed by atoms with Gasteiger partial charge in [0.1, 0.15) is 12.1 Å². The largest absolute Gasteiger partial charge is 0.467 e. The smallest absolute Gasteiger partial charge is 0.293 e. The van der Waals surface area contributed by atoms with Crippen molar-refractivity contribution in [3.05, 3.63) is 78.1 Å². The first kappa shape index (κ1) is 49.2. The van der Waals surface area contributed by atoms with E-state index in [2.05, 4.69) is 83.4 Å². The molecule has 0 bridgehead atoms. The highest BCUT2D eigenvalue weighted by Gasteiger charge is 2.33. The Morgan fingerprint density at radius 2 is 1.75 bits per heavy atom. The number of likely N-dealkylation sites (tertiary alicyclic amines) is 1. The van der Waals surface area contributed by atoms with Gasteiger partial charge in [-0.3, -0.25) is 33.7 Å². The molecule has 2 aliphatic rings. The molecule has 15 nitrogen and oxygen atoms in total. The number of benzene rings is 2. The van der Waals surface area contributed by atoms with Crippen molar-refractivity contribution >= 4 is 41.5 Å². The first-order valence-electron chi connectivity index (χ1n) is 22.6. The van der Waals surface area contributed by atoms with Gasteiger partial charge in [-0.15, -0.1) is 0 Å². The van der Waals surface area contributed by atoms with Crippen molar-refractivity contribution < 1.29 is 28.7 Å². The zero-order valence-corrected chi connectivity index (χ0v) is 39.1. The molecule has 6 rings (SSSR count). The second-order valence-corrected chi connectivity index (χ2v) is 18.0. The molecule has 2 aromatic heterocycles. The lowest BCUT2D eigenvalue weighted by molar-refractivity contribution is -0.142. The van der Waals surface area contributed by atoms with Crippen LogP contribution in [0.25, 0.3) is 33.3 Å². The highest BCUT2D eigenvalue weighted by Crippen LogP contribution is 2.41. The van der Waals surface area contributed by atoms with Crippen molar-refractivity contribution in [2.24, 2.45) is 18.4 Å². The molecular formula is C49H69N9O6. The lowest BCUT2D eigenvalue weighted by Crippen LogP contribution is -2.58. The number of rotatable bonds is 19. The molecule has 4 heterocycles. The van der Waals surface area contributed by atoms with Crippen molar-refractivity contribution in [1.29, 1.82) is 0 Å². The number of likely N-dealkylation sites (N-methyl/N-ethyl adjacent to an activating group) is 1. The number of hydrazine groups is 1. The second kappa shape index (κ2) is 22.7. The maximum atomic E-state index is 14.0. The number of carbonyl (C=O) groups is 5. The third-order valence-electron chi connectivity index (χ3n) is 12.1. The van der Waals surface area contributed by atoms with E-state index in [4.69, 9.17) is 4.74 Å². The van der Waals surface area contributed by atoms with E-state index in [1.165, 1.54) is 11.0 Å². The Bertz CT molecular complexity index is 2250. The number of hydrogen-bond donors (Lipinski definition) is 3. The first-order chi connectivity index (χ1) is 30.7. The molecule has 2 aromatic carbocycles. The Labute approximate surface area is 378 Å². The van der Waals surface area contributed by atoms with Gasteiger partial charge in [-0.2, -0.15) is 5.10 Å². The van der Waals surface area contributed by atoms with Gasteiger partial charge in [0.15, 0.2) is 0 Å². The van der Waals surface area contributed by atoms with E-state index in [-0.39, 0.29) is 42.1 Å². The van der Waals surface area contributed by atoms with E-state index in [9.17, 15) is 24.0 Å². The Kier molecular flexibility index (Phi) is 17.5. The van der Waals surface area contributed by atoms with Gasteiger partial charge in [-0.25, -0.2) is 5.43 Å². The van der Waals surface area contributed by atoms with Crippen LogP contribution >= 0.6 is 0 Å². The van der Waals surface area contributed by atoms with E-state index in [0.717, 1.165) is 95.4 Å². The van der Waals surface area contributed by atoms with E-state index < -0.39 is 12.1 Å². The van der Waals surface area contributed by atoms with Crippen LogP contribution in [-0.2, 0) is 61.7 Å². The van der Waals surface area contributed by atoms with Crippen molar-refractivity contribution in [3.8, 4) is 22.4 Å². The number of carbonyl (C=O) groups excluding carboxylic acids is 5. The molecule has 2 saturated heterocycles. The summed E-state index contributed by atoms with van der Waals surface area (Å²) in [5, 5.41) is 13.7. The van der Waals surface area contributed by atoms with Gasteiger partial charge < -0.3 is 29.7 Å². The second-order valence-electron chi connectivity index (χ2n) is 18.0. The number of nitrogens with zero attached hydrogens (tertiary/aromatic N) is 6. The van der Waals surface area contributed by atoms with Gasteiger partial charge in [0.25, 0.3) is 12.4 Å². The summed E-state index contributed by atoms with van der Waals surface area (Å²) >= 11 is 0. The highest BCUT2D eigenvalue weighted by molar-refractivity contribution is 5.95. The normalized spacial score (nSPS) is 15.0. The van der Waals surface area contributed by atoms with Crippen LogP contribution in [0.15, 0.2) is 61.3 Å². The molecule has 346 valence electrons. The Balaban J connectivity index is 0.000000762. The molecule has 4 amide bonds. The summed E-state index contributed by atoms with van der Waals surface area (Å²) < 4.78 is 9.56. The summed E-state index contributed by atoms with van der Waals surface area (Å²) in [4.78, 5) is 64.5. The van der Waals surface area contributed by atoms with Crippen molar-refractivity contribution in [1.82, 2.24) is 45.2 Å². The number of aromatic nitrogens is 3. The number of aryl methyl sites for hydroxylation is 2. The summed E-state index contributed by atoms with van der Waals surface area (Å²) in [7, 11) is 5.47. The molecule has 64 heavy (non-hydrogen) atoms. The van der Waals surface area contributed by atoms with Crippen molar-refractivity contribution in [2.75, 3.05) is 46.9 Å². The fourth-order valence-corrected chi connectivity index (χ4v) is 8.97.